The maximum Gasteiger partial charge on any atom is 0.401 e. The van der Waals surface area contributed by atoms with E-state index < -0.39 is 12.7 Å². The maximum absolute atomic E-state index is 12.8. The number of nitrogens with zero attached hydrogens (tertiary/aromatic N) is 1. The van der Waals surface area contributed by atoms with Gasteiger partial charge in [-0.3, -0.25) is 4.90 Å². The molecule has 0 aromatic carbocycles. The number of hydrogen-bond donors (Lipinski definition) is 1. The first-order chi connectivity index (χ1) is 9.89. The van der Waals surface area contributed by atoms with E-state index in [9.17, 15) is 13.2 Å². The number of rotatable bonds is 7. The van der Waals surface area contributed by atoms with Crippen LogP contribution in [-0.2, 0) is 0 Å². The van der Waals surface area contributed by atoms with Crippen molar-refractivity contribution in [3.05, 3.63) is 0 Å². The van der Waals surface area contributed by atoms with Gasteiger partial charge in [-0.05, 0) is 56.9 Å². The molecule has 0 spiro atoms. The molecule has 2 nitrogen and oxygen atoms in total. The minimum atomic E-state index is -4.07. The molecular formula is C16H29F3N2. The molecule has 3 unspecified atom stereocenters. The summed E-state index contributed by atoms with van der Waals surface area (Å²) < 4.78 is 38.3. The number of nitrogens with one attached hydrogen (secondary N) is 1. The molecule has 0 amide bonds. The summed E-state index contributed by atoms with van der Waals surface area (Å²) in [5.74, 6) is 1.00. The third-order valence-corrected chi connectivity index (χ3v) is 4.82. The van der Waals surface area contributed by atoms with Gasteiger partial charge in [0.15, 0.2) is 0 Å². The number of hydrogen-bond acceptors (Lipinski definition) is 2. The quantitative estimate of drug-likeness (QED) is 0.769. The van der Waals surface area contributed by atoms with Crippen LogP contribution in [0.15, 0.2) is 0 Å². The van der Waals surface area contributed by atoms with Crippen molar-refractivity contribution in [2.45, 2.75) is 70.6 Å². The normalized spacial score (nSPS) is 30.9. The lowest BCUT2D eigenvalue weighted by Crippen LogP contribution is -2.48. The third-order valence-electron chi connectivity index (χ3n) is 4.82. The first-order valence-electron chi connectivity index (χ1n) is 8.43. The molecule has 124 valence electrons. The third kappa shape index (κ3) is 5.78. The summed E-state index contributed by atoms with van der Waals surface area (Å²) >= 11 is 0. The number of alkyl halides is 3. The molecule has 0 aromatic rings. The zero-order chi connectivity index (χ0) is 15.5. The second-order valence-electron chi connectivity index (χ2n) is 7.01. The van der Waals surface area contributed by atoms with E-state index in [1.165, 1.54) is 6.42 Å². The predicted octanol–water partition coefficient (Wildman–Crippen LogP) is 3.82. The molecule has 0 bridgehead atoms. The second kappa shape index (κ2) is 7.32. The van der Waals surface area contributed by atoms with Crippen LogP contribution in [0.25, 0.3) is 0 Å². The molecule has 2 rings (SSSR count). The van der Waals surface area contributed by atoms with Crippen LogP contribution in [-0.4, -0.2) is 42.8 Å². The van der Waals surface area contributed by atoms with Gasteiger partial charge in [-0.15, -0.1) is 0 Å². The first-order valence-corrected chi connectivity index (χ1v) is 8.43. The molecule has 0 aliphatic heterocycles. The minimum absolute atomic E-state index is 0.177. The molecule has 3 atom stereocenters. The molecule has 2 aliphatic rings. The van der Waals surface area contributed by atoms with Gasteiger partial charge in [0.2, 0.25) is 0 Å². The van der Waals surface area contributed by atoms with Crippen LogP contribution in [0.4, 0.5) is 13.2 Å². The predicted molar refractivity (Wildman–Crippen MR) is 79.2 cm³/mol. The van der Waals surface area contributed by atoms with Crippen molar-refractivity contribution in [2.75, 3.05) is 19.6 Å². The van der Waals surface area contributed by atoms with Crippen molar-refractivity contribution in [3.8, 4) is 0 Å². The van der Waals surface area contributed by atoms with Crippen LogP contribution < -0.4 is 5.32 Å². The van der Waals surface area contributed by atoms with Crippen molar-refractivity contribution in [1.29, 1.82) is 0 Å². The second-order valence-corrected chi connectivity index (χ2v) is 7.01. The van der Waals surface area contributed by atoms with Crippen molar-refractivity contribution in [1.82, 2.24) is 10.2 Å². The summed E-state index contributed by atoms with van der Waals surface area (Å²) in [6.45, 7) is 5.21. The Kier molecular flexibility index (Phi) is 5.95. The zero-order valence-electron chi connectivity index (χ0n) is 13.3. The van der Waals surface area contributed by atoms with E-state index in [1.54, 1.807) is 4.90 Å². The highest BCUT2D eigenvalue weighted by molar-refractivity contribution is 4.91. The molecule has 2 aliphatic carbocycles. The van der Waals surface area contributed by atoms with Gasteiger partial charge in [0.25, 0.3) is 0 Å². The molecule has 2 fully saturated rings. The Morgan fingerprint density at radius 1 is 1.14 bits per heavy atom. The fourth-order valence-electron chi connectivity index (χ4n) is 3.61. The lowest BCUT2D eigenvalue weighted by Gasteiger charge is -2.39. The summed E-state index contributed by atoms with van der Waals surface area (Å²) in [7, 11) is 0. The summed E-state index contributed by atoms with van der Waals surface area (Å²) in [5, 5.41) is 3.56. The van der Waals surface area contributed by atoms with Crippen LogP contribution in [0.1, 0.15) is 52.4 Å². The van der Waals surface area contributed by atoms with Gasteiger partial charge in [0, 0.05) is 18.6 Å². The monoisotopic (exact) mass is 306 g/mol. The molecule has 0 aromatic heterocycles. The Hall–Kier alpha value is -0.290. The standard InChI is InChI=1S/C16H29F3N2/c1-3-8-20-15-7-4-12(2)9-13(15)10-21(14-5-6-14)11-16(17,18)19/h12-15,20H,3-11H2,1-2H3. The minimum Gasteiger partial charge on any atom is -0.314 e. The van der Waals surface area contributed by atoms with Gasteiger partial charge in [-0.25, -0.2) is 0 Å². The van der Waals surface area contributed by atoms with E-state index in [-0.39, 0.29) is 6.04 Å². The molecular weight excluding hydrogens is 277 g/mol. The smallest absolute Gasteiger partial charge is 0.314 e. The largest absolute Gasteiger partial charge is 0.401 e. The van der Waals surface area contributed by atoms with Gasteiger partial charge in [-0.1, -0.05) is 13.8 Å². The molecule has 0 saturated heterocycles. The van der Waals surface area contributed by atoms with Crippen LogP contribution >= 0.6 is 0 Å². The van der Waals surface area contributed by atoms with Crippen molar-refractivity contribution < 1.29 is 13.2 Å². The first kappa shape index (κ1) is 17.1. The van der Waals surface area contributed by atoms with Gasteiger partial charge in [0.1, 0.15) is 0 Å². The van der Waals surface area contributed by atoms with Gasteiger partial charge >= 0.3 is 6.18 Å². The van der Waals surface area contributed by atoms with E-state index >= 15 is 0 Å². The van der Waals surface area contributed by atoms with Crippen LogP contribution in [0.5, 0.6) is 0 Å². The highest BCUT2D eigenvalue weighted by atomic mass is 19.4. The fourth-order valence-corrected chi connectivity index (χ4v) is 3.61. The Labute approximate surface area is 126 Å². The van der Waals surface area contributed by atoms with Gasteiger partial charge < -0.3 is 5.32 Å². The van der Waals surface area contributed by atoms with E-state index in [0.717, 1.165) is 38.6 Å². The molecule has 21 heavy (non-hydrogen) atoms. The molecule has 2 saturated carbocycles. The van der Waals surface area contributed by atoms with E-state index in [4.69, 9.17) is 0 Å². The maximum atomic E-state index is 12.8. The molecule has 5 heteroatoms. The SMILES string of the molecule is CCCNC1CCC(C)CC1CN(CC(F)(F)F)C1CC1. The fraction of sp³-hybridized carbons (Fsp3) is 1.00. The Morgan fingerprint density at radius 3 is 2.43 bits per heavy atom. The highest BCUT2D eigenvalue weighted by Gasteiger charge is 2.40. The van der Waals surface area contributed by atoms with E-state index in [0.29, 0.717) is 24.4 Å². The summed E-state index contributed by atoms with van der Waals surface area (Å²) in [6, 6.07) is 0.575. The van der Waals surface area contributed by atoms with Crippen molar-refractivity contribution >= 4 is 0 Å². The van der Waals surface area contributed by atoms with Gasteiger partial charge in [0.05, 0.1) is 6.54 Å². The lowest BCUT2D eigenvalue weighted by molar-refractivity contribution is -0.149. The molecule has 0 radical (unpaired) electrons. The topological polar surface area (TPSA) is 15.3 Å². The molecule has 0 heterocycles. The average Bonchev–Trinajstić information content (AvgIpc) is 3.19. The summed E-state index contributed by atoms with van der Waals surface area (Å²) in [4.78, 5) is 1.70. The Morgan fingerprint density at radius 2 is 1.86 bits per heavy atom. The van der Waals surface area contributed by atoms with Crippen LogP contribution in [0.3, 0.4) is 0 Å². The van der Waals surface area contributed by atoms with E-state index in [2.05, 4.69) is 19.2 Å². The average molecular weight is 306 g/mol. The van der Waals surface area contributed by atoms with Crippen LogP contribution in [0, 0.1) is 11.8 Å². The zero-order valence-corrected chi connectivity index (χ0v) is 13.3. The number of halogens is 3. The van der Waals surface area contributed by atoms with Gasteiger partial charge in [-0.2, -0.15) is 13.2 Å². The summed E-state index contributed by atoms with van der Waals surface area (Å²) in [6.07, 6.45) is 2.24. The van der Waals surface area contributed by atoms with Crippen molar-refractivity contribution in [3.63, 3.8) is 0 Å². The Bertz CT molecular complexity index is 313. The van der Waals surface area contributed by atoms with Crippen LogP contribution in [0.2, 0.25) is 0 Å². The summed E-state index contributed by atoms with van der Waals surface area (Å²) in [5.41, 5.74) is 0. The highest BCUT2D eigenvalue weighted by Crippen LogP contribution is 2.35. The van der Waals surface area contributed by atoms with Crippen molar-refractivity contribution in [2.24, 2.45) is 11.8 Å². The van der Waals surface area contributed by atoms with E-state index in [1.807, 2.05) is 0 Å². The molecule has 1 N–H and O–H groups in total. The Balaban J connectivity index is 1.94. The lowest BCUT2D eigenvalue weighted by atomic mass is 9.78.